The van der Waals surface area contributed by atoms with Crippen LogP contribution in [0.25, 0.3) is 0 Å². The van der Waals surface area contributed by atoms with Crippen LogP contribution in [0.3, 0.4) is 0 Å². The van der Waals surface area contributed by atoms with Crippen LogP contribution in [0, 0.1) is 11.8 Å². The van der Waals surface area contributed by atoms with Crippen LogP contribution in [0.15, 0.2) is 0 Å². The molecule has 0 aromatic carbocycles. The fourth-order valence-corrected chi connectivity index (χ4v) is 4.32. The molecule has 0 aromatic rings. The van der Waals surface area contributed by atoms with Gasteiger partial charge in [0.25, 0.3) is 0 Å². The minimum absolute atomic E-state index is 0.725. The lowest BCUT2D eigenvalue weighted by Crippen LogP contribution is -2.58. The second kappa shape index (κ2) is 8.50. The van der Waals surface area contributed by atoms with E-state index < -0.39 is 0 Å². The molecular formula is C18H37N3. The van der Waals surface area contributed by atoms with E-state index in [-0.39, 0.29) is 0 Å². The molecule has 0 amide bonds. The van der Waals surface area contributed by atoms with Crippen LogP contribution < -0.4 is 5.32 Å². The molecule has 0 aromatic heterocycles. The van der Waals surface area contributed by atoms with Crippen LogP contribution in [0.4, 0.5) is 0 Å². The van der Waals surface area contributed by atoms with E-state index in [1.807, 2.05) is 0 Å². The van der Waals surface area contributed by atoms with Crippen LogP contribution in [-0.2, 0) is 0 Å². The summed E-state index contributed by atoms with van der Waals surface area (Å²) >= 11 is 0. The third-order valence-electron chi connectivity index (χ3n) is 5.68. The van der Waals surface area contributed by atoms with Crippen molar-refractivity contribution in [2.24, 2.45) is 11.8 Å². The summed E-state index contributed by atoms with van der Waals surface area (Å²) in [7, 11) is 0. The quantitative estimate of drug-likeness (QED) is 0.813. The van der Waals surface area contributed by atoms with E-state index in [0.717, 1.165) is 30.5 Å². The molecule has 3 heteroatoms. The van der Waals surface area contributed by atoms with Crippen molar-refractivity contribution in [1.29, 1.82) is 0 Å². The number of rotatable bonds is 6. The summed E-state index contributed by atoms with van der Waals surface area (Å²) in [5.41, 5.74) is 0. The highest BCUT2D eigenvalue weighted by molar-refractivity contribution is 4.93. The summed E-state index contributed by atoms with van der Waals surface area (Å²) in [5.74, 6) is 1.77. The van der Waals surface area contributed by atoms with Gasteiger partial charge in [-0.05, 0) is 50.6 Å². The molecule has 124 valence electrons. The van der Waals surface area contributed by atoms with Crippen molar-refractivity contribution in [2.75, 3.05) is 39.3 Å². The Bertz CT molecular complexity index is 284. The predicted octanol–water partition coefficient (Wildman–Crippen LogP) is 2.82. The van der Waals surface area contributed by atoms with E-state index >= 15 is 0 Å². The third-order valence-corrected chi connectivity index (χ3v) is 5.68. The van der Waals surface area contributed by atoms with Gasteiger partial charge in [0.05, 0.1) is 0 Å². The van der Waals surface area contributed by atoms with E-state index in [1.165, 1.54) is 58.4 Å². The summed E-state index contributed by atoms with van der Waals surface area (Å²) in [6, 6.07) is 1.50. The zero-order chi connectivity index (χ0) is 15.2. The molecule has 0 bridgehead atoms. The highest BCUT2D eigenvalue weighted by atomic mass is 15.3. The molecule has 0 radical (unpaired) electrons. The lowest BCUT2D eigenvalue weighted by molar-refractivity contribution is 0.0409. The fourth-order valence-electron chi connectivity index (χ4n) is 4.32. The van der Waals surface area contributed by atoms with Crippen molar-refractivity contribution in [3.63, 3.8) is 0 Å². The van der Waals surface area contributed by atoms with Gasteiger partial charge in [-0.1, -0.05) is 27.7 Å². The summed E-state index contributed by atoms with van der Waals surface area (Å²) in [6.45, 7) is 16.9. The summed E-state index contributed by atoms with van der Waals surface area (Å²) < 4.78 is 0. The fraction of sp³-hybridized carbons (Fsp3) is 1.00. The van der Waals surface area contributed by atoms with Gasteiger partial charge in [0.2, 0.25) is 0 Å². The van der Waals surface area contributed by atoms with Gasteiger partial charge in [0.1, 0.15) is 0 Å². The van der Waals surface area contributed by atoms with Crippen LogP contribution >= 0.6 is 0 Å². The zero-order valence-corrected chi connectivity index (χ0v) is 14.8. The van der Waals surface area contributed by atoms with Crippen LogP contribution in [0.5, 0.6) is 0 Å². The molecule has 21 heavy (non-hydrogen) atoms. The molecule has 1 heterocycles. The van der Waals surface area contributed by atoms with Crippen LogP contribution in [-0.4, -0.2) is 61.2 Å². The van der Waals surface area contributed by atoms with Crippen molar-refractivity contribution in [2.45, 2.75) is 65.5 Å². The average molecular weight is 296 g/mol. The minimum Gasteiger partial charge on any atom is -0.313 e. The normalized spacial score (nSPS) is 32.7. The van der Waals surface area contributed by atoms with Gasteiger partial charge < -0.3 is 10.2 Å². The second-order valence-corrected chi connectivity index (χ2v) is 7.43. The van der Waals surface area contributed by atoms with Gasteiger partial charge in [-0.2, -0.15) is 0 Å². The molecule has 2 fully saturated rings. The monoisotopic (exact) mass is 295 g/mol. The second-order valence-electron chi connectivity index (χ2n) is 7.43. The molecule has 1 saturated carbocycles. The van der Waals surface area contributed by atoms with E-state index in [2.05, 4.69) is 42.8 Å². The SMILES string of the molecule is CCCN1CCN(C2CC(C(C)C)CCC2NCC)CC1. The number of likely N-dealkylation sites (N-methyl/N-ethyl adjacent to an activating group) is 1. The molecule has 1 saturated heterocycles. The molecule has 2 rings (SSSR count). The van der Waals surface area contributed by atoms with Crippen molar-refractivity contribution in [3.8, 4) is 0 Å². The van der Waals surface area contributed by atoms with E-state index in [1.54, 1.807) is 0 Å². The molecule has 1 aliphatic heterocycles. The predicted molar refractivity (Wildman–Crippen MR) is 91.7 cm³/mol. The first-order chi connectivity index (χ1) is 10.2. The topological polar surface area (TPSA) is 18.5 Å². The van der Waals surface area contributed by atoms with Crippen molar-refractivity contribution in [3.05, 3.63) is 0 Å². The molecule has 3 unspecified atom stereocenters. The first-order valence-corrected chi connectivity index (χ1v) is 9.35. The Balaban J connectivity index is 1.93. The third kappa shape index (κ3) is 4.67. The summed E-state index contributed by atoms with van der Waals surface area (Å²) in [6.07, 6.45) is 5.49. The molecule has 0 spiro atoms. The molecule has 3 nitrogen and oxygen atoms in total. The molecular weight excluding hydrogens is 258 g/mol. The number of piperazine rings is 1. The van der Waals surface area contributed by atoms with E-state index in [0.29, 0.717) is 0 Å². The molecule has 3 atom stereocenters. The maximum absolute atomic E-state index is 3.77. The largest absolute Gasteiger partial charge is 0.313 e. The van der Waals surface area contributed by atoms with Gasteiger partial charge in [-0.3, -0.25) is 4.90 Å². The minimum atomic E-state index is 0.725. The van der Waals surface area contributed by atoms with Crippen molar-refractivity contribution >= 4 is 0 Å². The Morgan fingerprint density at radius 1 is 1.05 bits per heavy atom. The maximum Gasteiger partial charge on any atom is 0.0253 e. The molecule has 2 aliphatic rings. The average Bonchev–Trinajstić information content (AvgIpc) is 2.49. The van der Waals surface area contributed by atoms with E-state index in [9.17, 15) is 0 Å². The first kappa shape index (κ1) is 17.2. The Kier molecular flexibility index (Phi) is 6.97. The smallest absolute Gasteiger partial charge is 0.0253 e. The number of nitrogens with one attached hydrogen (secondary N) is 1. The van der Waals surface area contributed by atoms with Crippen LogP contribution in [0.1, 0.15) is 53.4 Å². The van der Waals surface area contributed by atoms with Crippen LogP contribution in [0.2, 0.25) is 0 Å². The Labute approximate surface area is 132 Å². The highest BCUT2D eigenvalue weighted by Gasteiger charge is 2.35. The number of hydrogen-bond donors (Lipinski definition) is 1. The Hall–Kier alpha value is -0.120. The maximum atomic E-state index is 3.77. The zero-order valence-electron chi connectivity index (χ0n) is 14.8. The Morgan fingerprint density at radius 3 is 2.33 bits per heavy atom. The summed E-state index contributed by atoms with van der Waals surface area (Å²) in [5, 5.41) is 3.77. The van der Waals surface area contributed by atoms with Gasteiger partial charge in [0.15, 0.2) is 0 Å². The highest BCUT2D eigenvalue weighted by Crippen LogP contribution is 2.33. The standard InChI is InChI=1S/C18H37N3/c1-5-9-20-10-12-21(13-11-20)18-14-16(15(3)4)7-8-17(18)19-6-2/h15-19H,5-14H2,1-4H3. The lowest BCUT2D eigenvalue weighted by atomic mass is 9.76. The van der Waals surface area contributed by atoms with E-state index in [4.69, 9.17) is 0 Å². The molecule has 1 N–H and O–H groups in total. The number of nitrogens with zero attached hydrogens (tertiary/aromatic N) is 2. The van der Waals surface area contributed by atoms with Gasteiger partial charge in [-0.25, -0.2) is 0 Å². The Morgan fingerprint density at radius 2 is 1.76 bits per heavy atom. The molecule has 1 aliphatic carbocycles. The van der Waals surface area contributed by atoms with Gasteiger partial charge in [0, 0.05) is 38.3 Å². The first-order valence-electron chi connectivity index (χ1n) is 9.35. The van der Waals surface area contributed by atoms with Gasteiger partial charge in [-0.15, -0.1) is 0 Å². The van der Waals surface area contributed by atoms with Crippen molar-refractivity contribution < 1.29 is 0 Å². The lowest BCUT2D eigenvalue weighted by Gasteiger charge is -2.47. The number of hydrogen-bond acceptors (Lipinski definition) is 3. The summed E-state index contributed by atoms with van der Waals surface area (Å²) in [4.78, 5) is 5.44. The van der Waals surface area contributed by atoms with Gasteiger partial charge >= 0.3 is 0 Å². The van der Waals surface area contributed by atoms with Crippen molar-refractivity contribution in [1.82, 2.24) is 15.1 Å².